The van der Waals surface area contributed by atoms with Gasteiger partial charge in [0.1, 0.15) is 0 Å². The molecule has 0 radical (unpaired) electrons. The molecule has 0 aliphatic rings. The summed E-state index contributed by atoms with van der Waals surface area (Å²) >= 11 is 0. The quantitative estimate of drug-likeness (QED) is 0.670. The second-order valence-electron chi connectivity index (χ2n) is 3.26. The van der Waals surface area contributed by atoms with Crippen LogP contribution in [-0.2, 0) is 4.79 Å². The van der Waals surface area contributed by atoms with Gasteiger partial charge in [-0.2, -0.15) is 0 Å². The van der Waals surface area contributed by atoms with E-state index in [1.165, 1.54) is 0 Å². The van der Waals surface area contributed by atoms with Crippen molar-refractivity contribution in [3.63, 3.8) is 0 Å². The number of carbonyl (C=O) groups is 2. The summed E-state index contributed by atoms with van der Waals surface area (Å²) in [4.78, 5) is 22.0. The van der Waals surface area contributed by atoms with E-state index in [-0.39, 0.29) is 12.5 Å². The largest absolute Gasteiger partial charge is 0.385 e. The zero-order chi connectivity index (χ0) is 12.0. The average molecular weight is 221 g/mol. The van der Waals surface area contributed by atoms with Crippen molar-refractivity contribution in [3.05, 3.63) is 29.8 Å². The molecule has 0 saturated heterocycles. The highest BCUT2D eigenvalue weighted by atomic mass is 16.2. The maximum absolute atomic E-state index is 11.5. The van der Waals surface area contributed by atoms with Gasteiger partial charge in [0.25, 0.3) is 5.91 Å². The van der Waals surface area contributed by atoms with Gasteiger partial charge < -0.3 is 16.4 Å². The number of primary amides is 1. The van der Waals surface area contributed by atoms with Crippen molar-refractivity contribution >= 4 is 17.5 Å². The van der Waals surface area contributed by atoms with Crippen molar-refractivity contribution in [1.29, 1.82) is 0 Å². The lowest BCUT2D eigenvalue weighted by atomic mass is 10.2. The molecule has 5 heteroatoms. The molecule has 4 N–H and O–H groups in total. The first-order chi connectivity index (χ1) is 7.63. The molecule has 5 nitrogen and oxygen atoms in total. The Morgan fingerprint density at radius 1 is 1.25 bits per heavy atom. The zero-order valence-corrected chi connectivity index (χ0v) is 9.12. The third kappa shape index (κ3) is 3.61. The van der Waals surface area contributed by atoms with Gasteiger partial charge >= 0.3 is 0 Å². The molecular weight excluding hydrogens is 206 g/mol. The van der Waals surface area contributed by atoms with Gasteiger partial charge in [-0.25, -0.2) is 0 Å². The predicted octanol–water partition coefficient (Wildman–Crippen LogP) is 0.333. The van der Waals surface area contributed by atoms with Crippen LogP contribution in [-0.4, -0.2) is 24.9 Å². The van der Waals surface area contributed by atoms with Gasteiger partial charge in [-0.1, -0.05) is 0 Å². The lowest BCUT2D eigenvalue weighted by Crippen LogP contribution is -2.33. The van der Waals surface area contributed by atoms with Crippen molar-refractivity contribution in [3.8, 4) is 0 Å². The number of hydrogen-bond acceptors (Lipinski definition) is 3. The van der Waals surface area contributed by atoms with Crippen LogP contribution in [0.5, 0.6) is 0 Å². The van der Waals surface area contributed by atoms with Gasteiger partial charge in [-0.15, -0.1) is 0 Å². The maximum Gasteiger partial charge on any atom is 0.251 e. The van der Waals surface area contributed by atoms with Gasteiger partial charge in [-0.3, -0.25) is 9.59 Å². The molecule has 0 heterocycles. The first-order valence-electron chi connectivity index (χ1n) is 5.04. The Morgan fingerprint density at radius 3 is 2.38 bits per heavy atom. The van der Waals surface area contributed by atoms with Crippen LogP contribution in [0.4, 0.5) is 5.69 Å². The van der Waals surface area contributed by atoms with E-state index in [4.69, 9.17) is 5.73 Å². The summed E-state index contributed by atoms with van der Waals surface area (Å²) in [7, 11) is 0. The molecule has 1 rings (SSSR count). The molecule has 0 spiro atoms. The van der Waals surface area contributed by atoms with Crippen LogP contribution < -0.4 is 16.4 Å². The Kier molecular flexibility index (Phi) is 4.32. The summed E-state index contributed by atoms with van der Waals surface area (Å²) < 4.78 is 0. The number of benzene rings is 1. The normalized spacial score (nSPS) is 9.56. The molecule has 2 amide bonds. The SMILES string of the molecule is CCNc1ccc(C(=O)NCC(N)=O)cc1. The van der Waals surface area contributed by atoms with Gasteiger partial charge in [0.15, 0.2) is 0 Å². The van der Waals surface area contributed by atoms with Crippen molar-refractivity contribution in [1.82, 2.24) is 5.32 Å². The number of rotatable bonds is 5. The fraction of sp³-hybridized carbons (Fsp3) is 0.273. The Morgan fingerprint density at radius 2 is 1.88 bits per heavy atom. The topological polar surface area (TPSA) is 84.2 Å². The summed E-state index contributed by atoms with van der Waals surface area (Å²) in [5.74, 6) is -0.862. The van der Waals surface area contributed by atoms with Gasteiger partial charge in [-0.05, 0) is 31.2 Å². The van der Waals surface area contributed by atoms with E-state index in [1.54, 1.807) is 12.1 Å². The predicted molar refractivity (Wildman–Crippen MR) is 62.1 cm³/mol. The van der Waals surface area contributed by atoms with Crippen LogP contribution in [0.1, 0.15) is 17.3 Å². The Labute approximate surface area is 94.0 Å². The van der Waals surface area contributed by atoms with E-state index < -0.39 is 5.91 Å². The number of hydrogen-bond donors (Lipinski definition) is 3. The number of nitrogens with two attached hydrogens (primary N) is 1. The lowest BCUT2D eigenvalue weighted by molar-refractivity contribution is -0.117. The molecule has 0 saturated carbocycles. The molecule has 0 aliphatic carbocycles. The number of amides is 2. The molecular formula is C11H15N3O2. The van der Waals surface area contributed by atoms with Gasteiger partial charge in [0.2, 0.25) is 5.91 Å². The molecule has 1 aromatic carbocycles. The van der Waals surface area contributed by atoms with Crippen LogP contribution in [0.3, 0.4) is 0 Å². The minimum Gasteiger partial charge on any atom is -0.385 e. The van der Waals surface area contributed by atoms with E-state index in [0.29, 0.717) is 5.56 Å². The van der Waals surface area contributed by atoms with E-state index in [9.17, 15) is 9.59 Å². The van der Waals surface area contributed by atoms with Crippen molar-refractivity contribution in [2.75, 3.05) is 18.4 Å². The molecule has 86 valence electrons. The Bertz CT molecular complexity index is 373. The molecule has 0 unspecified atom stereocenters. The monoisotopic (exact) mass is 221 g/mol. The highest BCUT2D eigenvalue weighted by Gasteiger charge is 2.05. The summed E-state index contributed by atoms with van der Waals surface area (Å²) in [5, 5.41) is 5.53. The van der Waals surface area contributed by atoms with E-state index in [1.807, 2.05) is 19.1 Å². The smallest absolute Gasteiger partial charge is 0.251 e. The lowest BCUT2D eigenvalue weighted by Gasteiger charge is -2.05. The summed E-state index contributed by atoms with van der Waals surface area (Å²) in [6.07, 6.45) is 0. The molecule has 0 aliphatic heterocycles. The zero-order valence-electron chi connectivity index (χ0n) is 9.12. The molecule has 1 aromatic rings. The second-order valence-corrected chi connectivity index (χ2v) is 3.26. The van der Waals surface area contributed by atoms with Gasteiger partial charge in [0.05, 0.1) is 6.54 Å². The van der Waals surface area contributed by atoms with Crippen molar-refractivity contribution in [2.24, 2.45) is 5.73 Å². The highest BCUT2D eigenvalue weighted by Crippen LogP contribution is 2.08. The second kappa shape index (κ2) is 5.75. The fourth-order valence-corrected chi connectivity index (χ4v) is 1.21. The van der Waals surface area contributed by atoms with E-state index in [0.717, 1.165) is 12.2 Å². The minimum absolute atomic E-state index is 0.145. The standard InChI is InChI=1S/C11H15N3O2/c1-2-13-9-5-3-8(4-6-9)11(16)14-7-10(12)15/h3-6,13H,2,7H2,1H3,(H2,12,15)(H,14,16). The van der Waals surface area contributed by atoms with Crippen LogP contribution in [0.25, 0.3) is 0 Å². The Balaban J connectivity index is 2.59. The summed E-state index contributed by atoms with van der Waals surface area (Å²) in [6, 6.07) is 6.99. The molecule has 16 heavy (non-hydrogen) atoms. The average Bonchev–Trinajstić information content (AvgIpc) is 2.27. The van der Waals surface area contributed by atoms with Crippen molar-refractivity contribution in [2.45, 2.75) is 6.92 Å². The maximum atomic E-state index is 11.5. The molecule has 0 atom stereocenters. The number of anilines is 1. The minimum atomic E-state index is -0.558. The first kappa shape index (κ1) is 12.0. The van der Waals surface area contributed by atoms with Gasteiger partial charge in [0, 0.05) is 17.8 Å². The molecule has 0 aromatic heterocycles. The first-order valence-corrected chi connectivity index (χ1v) is 5.04. The summed E-state index contributed by atoms with van der Waals surface area (Å²) in [6.45, 7) is 2.68. The molecule has 0 fully saturated rings. The Hall–Kier alpha value is -2.04. The van der Waals surface area contributed by atoms with E-state index in [2.05, 4.69) is 10.6 Å². The van der Waals surface area contributed by atoms with Crippen molar-refractivity contribution < 1.29 is 9.59 Å². The number of carbonyl (C=O) groups excluding carboxylic acids is 2. The van der Waals surface area contributed by atoms with E-state index >= 15 is 0 Å². The highest BCUT2D eigenvalue weighted by molar-refractivity contribution is 5.96. The van der Waals surface area contributed by atoms with Crippen LogP contribution in [0.15, 0.2) is 24.3 Å². The number of nitrogens with one attached hydrogen (secondary N) is 2. The van der Waals surface area contributed by atoms with Crippen LogP contribution in [0.2, 0.25) is 0 Å². The third-order valence-corrected chi connectivity index (χ3v) is 1.95. The van der Waals surface area contributed by atoms with Crippen LogP contribution >= 0.6 is 0 Å². The van der Waals surface area contributed by atoms with Crippen LogP contribution in [0, 0.1) is 0 Å². The summed E-state index contributed by atoms with van der Waals surface area (Å²) in [5.41, 5.74) is 6.37. The third-order valence-electron chi connectivity index (χ3n) is 1.95. The fourth-order valence-electron chi connectivity index (χ4n) is 1.21. The molecule has 0 bridgehead atoms.